The number of para-hydroxylation sites is 1. The van der Waals surface area contributed by atoms with Crippen molar-refractivity contribution < 1.29 is 4.79 Å². The summed E-state index contributed by atoms with van der Waals surface area (Å²) in [6.07, 6.45) is 2.68. The van der Waals surface area contributed by atoms with E-state index in [0.29, 0.717) is 6.54 Å². The van der Waals surface area contributed by atoms with Gasteiger partial charge < -0.3 is 10.6 Å². The summed E-state index contributed by atoms with van der Waals surface area (Å²) in [6.45, 7) is 4.45. The Morgan fingerprint density at radius 1 is 1.29 bits per heavy atom. The smallest absolute Gasteiger partial charge is 0.315 e. The van der Waals surface area contributed by atoms with E-state index in [-0.39, 0.29) is 12.1 Å². The number of nitrogens with one attached hydrogen (secondary N) is 2. The summed E-state index contributed by atoms with van der Waals surface area (Å²) >= 11 is 1.63. The highest BCUT2D eigenvalue weighted by molar-refractivity contribution is 7.09. The maximum absolute atomic E-state index is 12.1. The largest absolute Gasteiger partial charge is 0.334 e. The van der Waals surface area contributed by atoms with Gasteiger partial charge in [0.25, 0.3) is 0 Å². The molecule has 0 saturated carbocycles. The molecule has 0 radical (unpaired) electrons. The van der Waals surface area contributed by atoms with Gasteiger partial charge in [-0.25, -0.2) is 9.78 Å². The van der Waals surface area contributed by atoms with Gasteiger partial charge in [-0.1, -0.05) is 31.2 Å². The molecule has 0 spiro atoms. The molecule has 0 aliphatic heterocycles. The first-order valence-electron chi connectivity index (χ1n) is 7.98. The fourth-order valence-electron chi connectivity index (χ4n) is 2.49. The molecule has 24 heavy (non-hydrogen) atoms. The zero-order chi connectivity index (χ0) is 16.9. The van der Waals surface area contributed by atoms with E-state index < -0.39 is 0 Å². The van der Waals surface area contributed by atoms with Gasteiger partial charge in [-0.15, -0.1) is 11.3 Å². The summed E-state index contributed by atoms with van der Waals surface area (Å²) in [7, 11) is 0. The third-order valence-electron chi connectivity index (χ3n) is 3.82. The Balaban J connectivity index is 1.60. The van der Waals surface area contributed by atoms with Crippen LogP contribution in [0.25, 0.3) is 10.9 Å². The van der Waals surface area contributed by atoms with Gasteiger partial charge in [-0.2, -0.15) is 0 Å². The summed E-state index contributed by atoms with van der Waals surface area (Å²) in [5.74, 6) is 0. The standard InChI is InChI=1S/C18H20N4OS/c1-3-16-22-15(11-24-16)12(2)21-18(23)20-10-14-7-4-6-13-8-5-9-19-17(13)14/h4-9,11-12H,3,10H2,1-2H3,(H2,20,21,23). The van der Waals surface area contributed by atoms with Crippen LogP contribution < -0.4 is 10.6 Å². The molecule has 2 heterocycles. The van der Waals surface area contributed by atoms with Crippen molar-refractivity contribution in [2.24, 2.45) is 0 Å². The number of aromatic nitrogens is 2. The van der Waals surface area contributed by atoms with Gasteiger partial charge in [0.2, 0.25) is 0 Å². The topological polar surface area (TPSA) is 66.9 Å². The number of thiazole rings is 1. The molecule has 6 heteroatoms. The minimum absolute atomic E-state index is 0.118. The molecule has 3 aromatic rings. The molecule has 1 aromatic carbocycles. The normalized spacial score (nSPS) is 12.1. The van der Waals surface area contributed by atoms with Crippen molar-refractivity contribution >= 4 is 28.3 Å². The van der Waals surface area contributed by atoms with Crippen LogP contribution in [0.1, 0.15) is 36.2 Å². The SMILES string of the molecule is CCc1nc(C(C)NC(=O)NCc2cccc3cccnc23)cs1. The number of carbonyl (C=O) groups is 1. The van der Waals surface area contributed by atoms with Crippen LogP contribution in [-0.4, -0.2) is 16.0 Å². The summed E-state index contributed by atoms with van der Waals surface area (Å²) in [5, 5.41) is 9.98. The lowest BCUT2D eigenvalue weighted by Crippen LogP contribution is -2.36. The van der Waals surface area contributed by atoms with E-state index in [1.54, 1.807) is 17.5 Å². The maximum Gasteiger partial charge on any atom is 0.315 e. The lowest BCUT2D eigenvalue weighted by Gasteiger charge is -2.13. The van der Waals surface area contributed by atoms with Gasteiger partial charge in [-0.05, 0) is 25.0 Å². The molecule has 0 fully saturated rings. The average Bonchev–Trinajstić information content (AvgIpc) is 3.09. The Kier molecular flexibility index (Phi) is 5.05. The predicted molar refractivity (Wildman–Crippen MR) is 97.0 cm³/mol. The van der Waals surface area contributed by atoms with E-state index in [1.165, 1.54) is 0 Å². The molecule has 1 unspecified atom stereocenters. The second kappa shape index (κ2) is 7.40. The van der Waals surface area contributed by atoms with Crippen molar-refractivity contribution in [3.8, 4) is 0 Å². The molecule has 2 amide bonds. The van der Waals surface area contributed by atoms with Crippen molar-refractivity contribution in [2.75, 3.05) is 0 Å². The number of hydrogen-bond acceptors (Lipinski definition) is 4. The van der Waals surface area contributed by atoms with E-state index in [0.717, 1.165) is 33.6 Å². The molecular weight excluding hydrogens is 320 g/mol. The number of nitrogens with zero attached hydrogens (tertiary/aromatic N) is 2. The van der Waals surface area contributed by atoms with E-state index in [2.05, 4.69) is 27.5 Å². The summed E-state index contributed by atoms with van der Waals surface area (Å²) in [5.41, 5.74) is 2.82. The molecule has 1 atom stereocenters. The number of pyridine rings is 1. The van der Waals surface area contributed by atoms with Crippen LogP contribution in [0, 0.1) is 0 Å². The Morgan fingerprint density at radius 3 is 2.92 bits per heavy atom. The fraction of sp³-hybridized carbons (Fsp3) is 0.278. The van der Waals surface area contributed by atoms with Crippen LogP contribution in [0.4, 0.5) is 4.79 Å². The van der Waals surface area contributed by atoms with Crippen molar-refractivity contribution in [1.82, 2.24) is 20.6 Å². The van der Waals surface area contributed by atoms with Crippen molar-refractivity contribution in [3.63, 3.8) is 0 Å². The number of amides is 2. The predicted octanol–water partition coefficient (Wildman–Crippen LogP) is 3.81. The molecule has 0 saturated heterocycles. The number of urea groups is 1. The van der Waals surface area contributed by atoms with Crippen molar-refractivity contribution in [1.29, 1.82) is 0 Å². The highest BCUT2D eigenvalue weighted by Gasteiger charge is 2.12. The first kappa shape index (κ1) is 16.4. The monoisotopic (exact) mass is 340 g/mol. The van der Waals surface area contributed by atoms with E-state index in [1.807, 2.05) is 42.6 Å². The highest BCUT2D eigenvalue weighted by Crippen LogP contribution is 2.17. The van der Waals surface area contributed by atoms with Crippen LogP contribution >= 0.6 is 11.3 Å². The van der Waals surface area contributed by atoms with Crippen molar-refractivity contribution in [2.45, 2.75) is 32.9 Å². The molecule has 3 rings (SSSR count). The minimum atomic E-state index is -0.207. The molecule has 2 aromatic heterocycles. The van der Waals surface area contributed by atoms with Gasteiger partial charge in [0.15, 0.2) is 0 Å². The lowest BCUT2D eigenvalue weighted by atomic mass is 10.1. The zero-order valence-electron chi connectivity index (χ0n) is 13.7. The quantitative estimate of drug-likeness (QED) is 0.742. The molecule has 0 aliphatic rings. The second-order valence-corrected chi connectivity index (χ2v) is 6.50. The molecular formula is C18H20N4OS. The lowest BCUT2D eigenvalue weighted by molar-refractivity contribution is 0.237. The van der Waals surface area contributed by atoms with Gasteiger partial charge in [0.05, 0.1) is 22.3 Å². The van der Waals surface area contributed by atoms with Gasteiger partial charge in [-0.3, -0.25) is 4.98 Å². The number of rotatable bonds is 5. The Labute approximate surface area is 145 Å². The van der Waals surface area contributed by atoms with E-state index >= 15 is 0 Å². The number of carbonyl (C=O) groups excluding carboxylic acids is 1. The first-order valence-corrected chi connectivity index (χ1v) is 8.86. The zero-order valence-corrected chi connectivity index (χ0v) is 14.6. The number of aryl methyl sites for hydroxylation is 1. The third kappa shape index (κ3) is 3.71. The average molecular weight is 340 g/mol. The number of benzene rings is 1. The van der Waals surface area contributed by atoms with Gasteiger partial charge in [0, 0.05) is 23.5 Å². The Morgan fingerprint density at radius 2 is 2.12 bits per heavy atom. The molecule has 2 N–H and O–H groups in total. The number of fused-ring (bicyclic) bond motifs is 1. The molecule has 5 nitrogen and oxygen atoms in total. The molecule has 0 aliphatic carbocycles. The molecule has 0 bridgehead atoms. The Bertz CT molecular complexity index is 840. The summed E-state index contributed by atoms with van der Waals surface area (Å²) in [6, 6.07) is 9.57. The van der Waals surface area contributed by atoms with E-state index in [4.69, 9.17) is 0 Å². The van der Waals surface area contributed by atoms with Gasteiger partial charge >= 0.3 is 6.03 Å². The van der Waals surface area contributed by atoms with Crippen LogP contribution in [0.5, 0.6) is 0 Å². The van der Waals surface area contributed by atoms with Gasteiger partial charge in [0.1, 0.15) is 0 Å². The first-order chi connectivity index (χ1) is 11.7. The number of hydrogen-bond donors (Lipinski definition) is 2. The minimum Gasteiger partial charge on any atom is -0.334 e. The summed E-state index contributed by atoms with van der Waals surface area (Å²) < 4.78 is 0. The second-order valence-electron chi connectivity index (χ2n) is 5.56. The van der Waals surface area contributed by atoms with Crippen LogP contribution in [0.2, 0.25) is 0 Å². The Hall–Kier alpha value is -2.47. The van der Waals surface area contributed by atoms with Crippen LogP contribution in [0.15, 0.2) is 41.9 Å². The molecule has 124 valence electrons. The maximum atomic E-state index is 12.1. The van der Waals surface area contributed by atoms with Crippen LogP contribution in [0.3, 0.4) is 0 Å². The van der Waals surface area contributed by atoms with Crippen LogP contribution in [-0.2, 0) is 13.0 Å². The third-order valence-corrected chi connectivity index (χ3v) is 4.83. The fourth-order valence-corrected chi connectivity index (χ4v) is 3.33. The summed E-state index contributed by atoms with van der Waals surface area (Å²) in [4.78, 5) is 21.1. The van der Waals surface area contributed by atoms with Crippen molar-refractivity contribution in [3.05, 3.63) is 58.2 Å². The van der Waals surface area contributed by atoms with E-state index in [9.17, 15) is 4.79 Å². The highest BCUT2D eigenvalue weighted by atomic mass is 32.1.